The third-order valence-corrected chi connectivity index (χ3v) is 4.23. The van der Waals surface area contributed by atoms with Gasteiger partial charge in [0, 0.05) is 43.8 Å². The lowest BCUT2D eigenvalue weighted by molar-refractivity contribution is 0.223. The fourth-order valence-corrected chi connectivity index (χ4v) is 3.21. The number of rotatable bonds is 5. The van der Waals surface area contributed by atoms with Gasteiger partial charge < -0.3 is 10.2 Å². The first-order chi connectivity index (χ1) is 10.2. The minimum Gasteiger partial charge on any atom is -0.385 e. The molecule has 0 radical (unpaired) electrons. The summed E-state index contributed by atoms with van der Waals surface area (Å²) in [4.78, 5) is 4.80. The molecule has 0 atom stereocenters. The predicted molar refractivity (Wildman–Crippen MR) is 90.8 cm³/mol. The molecule has 0 spiro atoms. The van der Waals surface area contributed by atoms with Crippen molar-refractivity contribution >= 4 is 16.5 Å². The van der Waals surface area contributed by atoms with Crippen molar-refractivity contribution in [2.24, 2.45) is 0 Å². The van der Waals surface area contributed by atoms with Crippen LogP contribution in [0.5, 0.6) is 0 Å². The summed E-state index contributed by atoms with van der Waals surface area (Å²) in [5.41, 5.74) is 4.19. The summed E-state index contributed by atoms with van der Waals surface area (Å²) in [6, 6.07) is 11.3. The van der Waals surface area contributed by atoms with E-state index < -0.39 is 0 Å². The number of hydrogen-bond donors (Lipinski definition) is 1. The van der Waals surface area contributed by atoms with Crippen LogP contribution in [0, 0.1) is 0 Å². The maximum atomic E-state index is 3.48. The average molecular weight is 283 g/mol. The molecule has 0 aliphatic carbocycles. The van der Waals surface area contributed by atoms with Gasteiger partial charge in [-0.25, -0.2) is 0 Å². The van der Waals surface area contributed by atoms with E-state index in [0.29, 0.717) is 0 Å². The van der Waals surface area contributed by atoms with Crippen LogP contribution >= 0.6 is 0 Å². The van der Waals surface area contributed by atoms with Gasteiger partial charge in [0.2, 0.25) is 0 Å². The second-order valence-electron chi connectivity index (χ2n) is 6.16. The molecule has 1 N–H and O–H groups in total. The molecule has 2 aromatic rings. The number of anilines is 1. The minimum atomic E-state index is 0.966. The first kappa shape index (κ1) is 14.4. The number of nitrogens with one attached hydrogen (secondary N) is 1. The molecule has 3 heteroatoms. The smallest absolute Gasteiger partial charge is 0.0420 e. The van der Waals surface area contributed by atoms with Crippen molar-refractivity contribution in [3.05, 3.63) is 41.5 Å². The maximum absolute atomic E-state index is 3.48. The molecule has 1 aliphatic rings. The van der Waals surface area contributed by atoms with Crippen LogP contribution in [0.2, 0.25) is 0 Å². The first-order valence-electron chi connectivity index (χ1n) is 7.83. The van der Waals surface area contributed by atoms with Gasteiger partial charge in [0.15, 0.2) is 0 Å². The van der Waals surface area contributed by atoms with Gasteiger partial charge in [-0.1, -0.05) is 24.3 Å². The third-order valence-electron chi connectivity index (χ3n) is 4.23. The van der Waals surface area contributed by atoms with Gasteiger partial charge in [-0.05, 0) is 43.6 Å². The highest BCUT2D eigenvalue weighted by Crippen LogP contribution is 2.34. The molecular formula is C18H25N3. The molecule has 3 nitrogen and oxygen atoms in total. The molecular weight excluding hydrogens is 258 g/mol. The van der Waals surface area contributed by atoms with Gasteiger partial charge in [0.1, 0.15) is 0 Å². The van der Waals surface area contributed by atoms with E-state index in [0.717, 1.165) is 32.7 Å². The van der Waals surface area contributed by atoms with Crippen molar-refractivity contribution < 1.29 is 0 Å². The lowest BCUT2D eigenvalue weighted by atomic mass is 9.94. The molecule has 1 heterocycles. The van der Waals surface area contributed by atoms with E-state index in [-0.39, 0.29) is 0 Å². The standard InChI is InChI=1S/C18H25N3/c1-4-19-17-9-8-15-13-21(11-10-20(2)3)12-14-6-5-7-16(17)18(14)15/h5-9,19H,4,10-13H2,1-3H3. The molecule has 0 fully saturated rings. The van der Waals surface area contributed by atoms with Crippen LogP contribution in [0.1, 0.15) is 18.1 Å². The van der Waals surface area contributed by atoms with E-state index in [1.165, 1.54) is 27.6 Å². The molecule has 0 unspecified atom stereocenters. The van der Waals surface area contributed by atoms with Gasteiger partial charge in [-0.15, -0.1) is 0 Å². The summed E-state index contributed by atoms with van der Waals surface area (Å²) < 4.78 is 0. The average Bonchev–Trinajstić information content (AvgIpc) is 2.48. The summed E-state index contributed by atoms with van der Waals surface area (Å²) in [5, 5.41) is 6.33. The Morgan fingerprint density at radius 1 is 1.10 bits per heavy atom. The molecule has 0 saturated heterocycles. The van der Waals surface area contributed by atoms with E-state index in [2.05, 4.69) is 66.5 Å². The Hall–Kier alpha value is -1.58. The topological polar surface area (TPSA) is 18.5 Å². The van der Waals surface area contributed by atoms with Gasteiger partial charge in [-0.3, -0.25) is 4.90 Å². The molecule has 1 aliphatic heterocycles. The molecule has 0 bridgehead atoms. The van der Waals surface area contributed by atoms with Crippen LogP contribution in [-0.2, 0) is 13.1 Å². The van der Waals surface area contributed by atoms with E-state index >= 15 is 0 Å². The second kappa shape index (κ2) is 6.04. The van der Waals surface area contributed by atoms with Gasteiger partial charge in [0.25, 0.3) is 0 Å². The fourth-order valence-electron chi connectivity index (χ4n) is 3.21. The summed E-state index contributed by atoms with van der Waals surface area (Å²) in [6.07, 6.45) is 0. The van der Waals surface area contributed by atoms with E-state index in [4.69, 9.17) is 0 Å². The highest BCUT2D eigenvalue weighted by molar-refractivity contribution is 5.98. The van der Waals surface area contributed by atoms with Crippen LogP contribution in [0.25, 0.3) is 10.8 Å². The lowest BCUT2D eigenvalue weighted by Gasteiger charge is -2.30. The summed E-state index contributed by atoms with van der Waals surface area (Å²) in [7, 11) is 4.28. The van der Waals surface area contributed by atoms with E-state index in [1.807, 2.05) is 0 Å². The highest BCUT2D eigenvalue weighted by Gasteiger charge is 2.19. The Morgan fingerprint density at radius 3 is 2.57 bits per heavy atom. The largest absolute Gasteiger partial charge is 0.385 e. The van der Waals surface area contributed by atoms with Crippen LogP contribution < -0.4 is 5.32 Å². The number of nitrogens with zero attached hydrogens (tertiary/aromatic N) is 2. The quantitative estimate of drug-likeness (QED) is 0.909. The van der Waals surface area contributed by atoms with Crippen LogP contribution in [0.3, 0.4) is 0 Å². The van der Waals surface area contributed by atoms with Gasteiger partial charge >= 0.3 is 0 Å². The molecule has 0 saturated carbocycles. The van der Waals surface area contributed by atoms with Crippen molar-refractivity contribution in [1.82, 2.24) is 9.80 Å². The Labute approximate surface area is 127 Å². The van der Waals surface area contributed by atoms with Crippen molar-refractivity contribution in [2.75, 3.05) is 39.0 Å². The Bertz CT molecular complexity index is 621. The Morgan fingerprint density at radius 2 is 1.86 bits per heavy atom. The Balaban J connectivity index is 1.94. The molecule has 2 aromatic carbocycles. The highest BCUT2D eigenvalue weighted by atomic mass is 15.2. The van der Waals surface area contributed by atoms with Crippen LogP contribution in [0.4, 0.5) is 5.69 Å². The van der Waals surface area contributed by atoms with Gasteiger partial charge in [-0.2, -0.15) is 0 Å². The fraction of sp³-hybridized carbons (Fsp3) is 0.444. The molecule has 112 valence electrons. The summed E-state index contributed by atoms with van der Waals surface area (Å²) >= 11 is 0. The van der Waals surface area contributed by atoms with Crippen LogP contribution in [-0.4, -0.2) is 43.5 Å². The zero-order valence-electron chi connectivity index (χ0n) is 13.3. The van der Waals surface area contributed by atoms with Crippen molar-refractivity contribution in [3.63, 3.8) is 0 Å². The second-order valence-corrected chi connectivity index (χ2v) is 6.16. The van der Waals surface area contributed by atoms with Crippen LogP contribution in [0.15, 0.2) is 30.3 Å². The normalized spacial score (nSPS) is 14.9. The third kappa shape index (κ3) is 2.89. The van der Waals surface area contributed by atoms with E-state index in [1.54, 1.807) is 0 Å². The number of hydrogen-bond acceptors (Lipinski definition) is 3. The van der Waals surface area contributed by atoms with Crippen molar-refractivity contribution in [1.29, 1.82) is 0 Å². The minimum absolute atomic E-state index is 0.966. The number of likely N-dealkylation sites (N-methyl/N-ethyl adjacent to an activating group) is 1. The SMILES string of the molecule is CCNc1ccc2c3c(cccc13)CN(CCN(C)C)C2. The summed E-state index contributed by atoms with van der Waals surface area (Å²) in [5.74, 6) is 0. The van der Waals surface area contributed by atoms with Gasteiger partial charge in [0.05, 0.1) is 0 Å². The van der Waals surface area contributed by atoms with E-state index in [9.17, 15) is 0 Å². The first-order valence-corrected chi connectivity index (χ1v) is 7.83. The predicted octanol–water partition coefficient (Wildman–Crippen LogP) is 3.15. The summed E-state index contributed by atoms with van der Waals surface area (Å²) in [6.45, 7) is 7.48. The molecule has 21 heavy (non-hydrogen) atoms. The zero-order chi connectivity index (χ0) is 14.8. The molecule has 0 amide bonds. The zero-order valence-corrected chi connectivity index (χ0v) is 13.3. The number of benzene rings is 2. The molecule has 0 aromatic heterocycles. The Kier molecular flexibility index (Phi) is 4.13. The van der Waals surface area contributed by atoms with Crippen molar-refractivity contribution in [3.8, 4) is 0 Å². The maximum Gasteiger partial charge on any atom is 0.0420 e. The lowest BCUT2D eigenvalue weighted by Crippen LogP contribution is -2.33. The monoisotopic (exact) mass is 283 g/mol. The van der Waals surface area contributed by atoms with Crippen molar-refractivity contribution in [2.45, 2.75) is 20.0 Å². The molecule has 3 rings (SSSR count).